The van der Waals surface area contributed by atoms with Crippen molar-refractivity contribution in [2.75, 3.05) is 33.4 Å². The fourth-order valence-electron chi connectivity index (χ4n) is 3.53. The standard InChI is InChI=1S/C15H21NO4.2C2HF3O2/c1-18-11-15-5-2-7-20-13(15)3-6-16(10-15)14(17)12-4-8-19-9-12;2*3-2(4,5)1(6)7/h4,8-9,13H,2-3,5-7,10-11H2,1H3;2*(H,6,7). The summed E-state index contributed by atoms with van der Waals surface area (Å²) >= 11 is 0. The van der Waals surface area contributed by atoms with Crippen molar-refractivity contribution in [1.29, 1.82) is 0 Å². The van der Waals surface area contributed by atoms with Crippen LogP contribution < -0.4 is 0 Å². The van der Waals surface area contributed by atoms with Crippen LogP contribution in [0.2, 0.25) is 0 Å². The number of rotatable bonds is 3. The molecule has 9 nitrogen and oxygen atoms in total. The first-order valence-corrected chi connectivity index (χ1v) is 9.66. The molecule has 2 fully saturated rings. The minimum atomic E-state index is -5.08. The molecule has 2 saturated heterocycles. The molecule has 194 valence electrons. The van der Waals surface area contributed by atoms with E-state index in [1.165, 1.54) is 12.5 Å². The van der Waals surface area contributed by atoms with E-state index in [1.807, 2.05) is 4.90 Å². The van der Waals surface area contributed by atoms with E-state index in [0.29, 0.717) is 18.7 Å². The summed E-state index contributed by atoms with van der Waals surface area (Å²) in [6.07, 6.45) is -3.94. The van der Waals surface area contributed by atoms with Crippen molar-refractivity contribution in [3.8, 4) is 0 Å². The monoisotopic (exact) mass is 507 g/mol. The summed E-state index contributed by atoms with van der Waals surface area (Å²) in [6.45, 7) is 2.91. The Hall–Kier alpha value is -2.81. The smallest absolute Gasteiger partial charge is 0.475 e. The van der Waals surface area contributed by atoms with Gasteiger partial charge in [-0.3, -0.25) is 4.79 Å². The van der Waals surface area contributed by atoms with Crippen LogP contribution in [0.15, 0.2) is 23.0 Å². The highest BCUT2D eigenvalue weighted by Crippen LogP contribution is 2.40. The Bertz CT molecular complexity index is 783. The van der Waals surface area contributed by atoms with Gasteiger partial charge in [0.05, 0.1) is 24.5 Å². The van der Waals surface area contributed by atoms with E-state index < -0.39 is 24.3 Å². The third kappa shape index (κ3) is 8.52. The number of piperidine rings is 1. The zero-order chi connectivity index (χ0) is 26.2. The number of ether oxygens (including phenoxy) is 2. The molecule has 3 heterocycles. The van der Waals surface area contributed by atoms with E-state index in [9.17, 15) is 31.1 Å². The van der Waals surface area contributed by atoms with Gasteiger partial charge in [-0.25, -0.2) is 9.59 Å². The molecule has 2 unspecified atom stereocenters. The van der Waals surface area contributed by atoms with Crippen LogP contribution in [0.5, 0.6) is 0 Å². The SMILES string of the molecule is COCC12CCCOC1CCN(C(=O)c1ccoc1)C2.O=C(O)C(F)(F)F.O=C(O)C(F)(F)F. The molecule has 34 heavy (non-hydrogen) atoms. The zero-order valence-corrected chi connectivity index (χ0v) is 17.8. The number of halogens is 6. The first kappa shape index (κ1) is 29.2. The topological polar surface area (TPSA) is 127 Å². The summed E-state index contributed by atoms with van der Waals surface area (Å²) < 4.78 is 79.8. The lowest BCUT2D eigenvalue weighted by molar-refractivity contribution is -0.193. The van der Waals surface area contributed by atoms with Gasteiger partial charge in [-0.1, -0.05) is 0 Å². The highest BCUT2D eigenvalue weighted by atomic mass is 19.4. The van der Waals surface area contributed by atoms with Gasteiger partial charge in [0.25, 0.3) is 5.91 Å². The summed E-state index contributed by atoms with van der Waals surface area (Å²) in [5.41, 5.74) is 0.567. The molecule has 3 rings (SSSR count). The molecule has 15 heteroatoms. The molecule has 0 radical (unpaired) electrons. The van der Waals surface area contributed by atoms with E-state index in [-0.39, 0.29) is 17.4 Å². The predicted molar refractivity (Wildman–Crippen MR) is 99.9 cm³/mol. The molecule has 2 aliphatic rings. The molecule has 1 aromatic rings. The van der Waals surface area contributed by atoms with E-state index in [4.69, 9.17) is 33.7 Å². The van der Waals surface area contributed by atoms with Crippen LogP contribution in [0.25, 0.3) is 0 Å². The fourth-order valence-corrected chi connectivity index (χ4v) is 3.53. The van der Waals surface area contributed by atoms with Gasteiger partial charge in [-0.05, 0) is 25.3 Å². The van der Waals surface area contributed by atoms with Gasteiger partial charge in [-0.2, -0.15) is 26.3 Å². The average Bonchev–Trinajstić information content (AvgIpc) is 3.27. The molecule has 0 aliphatic carbocycles. The maximum absolute atomic E-state index is 12.5. The number of furan rings is 1. The average molecular weight is 507 g/mol. The minimum absolute atomic E-state index is 0.0400. The van der Waals surface area contributed by atoms with Gasteiger partial charge in [0.2, 0.25) is 0 Å². The molecule has 2 N–H and O–H groups in total. The fraction of sp³-hybridized carbons (Fsp3) is 0.632. The van der Waals surface area contributed by atoms with Crippen molar-refractivity contribution in [3.63, 3.8) is 0 Å². The second kappa shape index (κ2) is 12.1. The Kier molecular flexibility index (Phi) is 10.4. The number of likely N-dealkylation sites (tertiary alicyclic amines) is 1. The van der Waals surface area contributed by atoms with Crippen LogP contribution in [0.3, 0.4) is 0 Å². The molecule has 1 amide bonds. The number of carbonyl (C=O) groups is 3. The molecular weight excluding hydrogens is 484 g/mol. The molecule has 1 aromatic heterocycles. The number of aliphatic carboxylic acids is 2. The summed E-state index contributed by atoms with van der Waals surface area (Å²) in [7, 11) is 1.72. The summed E-state index contributed by atoms with van der Waals surface area (Å²) in [5, 5.41) is 14.2. The maximum Gasteiger partial charge on any atom is 0.490 e. The number of carbonyl (C=O) groups excluding carboxylic acids is 1. The van der Waals surface area contributed by atoms with Gasteiger partial charge >= 0.3 is 24.3 Å². The van der Waals surface area contributed by atoms with Gasteiger partial charge in [0.15, 0.2) is 0 Å². The molecular formula is C19H23F6NO8. The normalized spacial score (nSPS) is 22.3. The number of carboxylic acid groups (broad SMARTS) is 2. The van der Waals surface area contributed by atoms with Crippen LogP contribution in [-0.2, 0) is 19.1 Å². The molecule has 0 aromatic carbocycles. The third-order valence-corrected chi connectivity index (χ3v) is 4.96. The zero-order valence-electron chi connectivity index (χ0n) is 17.8. The highest BCUT2D eigenvalue weighted by molar-refractivity contribution is 5.93. The Labute approximate surface area is 189 Å². The van der Waals surface area contributed by atoms with E-state index in [1.54, 1.807) is 13.2 Å². The second-order valence-electron chi connectivity index (χ2n) is 7.39. The van der Waals surface area contributed by atoms with E-state index in [0.717, 1.165) is 32.4 Å². The maximum atomic E-state index is 12.5. The summed E-state index contributed by atoms with van der Waals surface area (Å²) in [5.74, 6) is -5.47. The molecule has 0 saturated carbocycles. The number of alkyl halides is 6. The number of hydrogen-bond donors (Lipinski definition) is 2. The van der Waals surface area contributed by atoms with Gasteiger partial charge < -0.3 is 29.0 Å². The van der Waals surface area contributed by atoms with Crippen molar-refractivity contribution in [2.45, 2.75) is 37.7 Å². The summed E-state index contributed by atoms with van der Waals surface area (Å²) in [4.78, 5) is 32.2. The first-order chi connectivity index (χ1) is 15.6. The number of hydrogen-bond acceptors (Lipinski definition) is 6. The Morgan fingerprint density at radius 1 is 1.15 bits per heavy atom. The summed E-state index contributed by atoms with van der Waals surface area (Å²) in [6, 6.07) is 1.72. The van der Waals surface area contributed by atoms with Crippen molar-refractivity contribution in [1.82, 2.24) is 4.90 Å². The van der Waals surface area contributed by atoms with Gasteiger partial charge in [-0.15, -0.1) is 0 Å². The highest BCUT2D eigenvalue weighted by Gasteiger charge is 2.47. The molecule has 0 bridgehead atoms. The van der Waals surface area contributed by atoms with Crippen LogP contribution >= 0.6 is 0 Å². The lowest BCUT2D eigenvalue weighted by Gasteiger charge is -2.50. The Morgan fingerprint density at radius 3 is 2.15 bits per heavy atom. The first-order valence-electron chi connectivity index (χ1n) is 9.66. The molecule has 0 spiro atoms. The van der Waals surface area contributed by atoms with Crippen LogP contribution in [0.1, 0.15) is 29.6 Å². The van der Waals surface area contributed by atoms with Gasteiger partial charge in [0, 0.05) is 32.2 Å². The van der Waals surface area contributed by atoms with Crippen molar-refractivity contribution >= 4 is 17.8 Å². The number of carboxylic acids is 2. The number of fused-ring (bicyclic) bond motifs is 1. The number of amides is 1. The van der Waals surface area contributed by atoms with Crippen LogP contribution in [-0.4, -0.2) is 84.8 Å². The Balaban J connectivity index is 0.000000343. The largest absolute Gasteiger partial charge is 0.490 e. The lowest BCUT2D eigenvalue weighted by atomic mass is 9.73. The molecule has 2 atom stereocenters. The van der Waals surface area contributed by atoms with Crippen molar-refractivity contribution in [3.05, 3.63) is 24.2 Å². The lowest BCUT2D eigenvalue weighted by Crippen LogP contribution is -2.58. The predicted octanol–water partition coefficient (Wildman–Crippen LogP) is 3.20. The Morgan fingerprint density at radius 2 is 1.71 bits per heavy atom. The minimum Gasteiger partial charge on any atom is -0.475 e. The van der Waals surface area contributed by atoms with Gasteiger partial charge in [0.1, 0.15) is 6.26 Å². The van der Waals surface area contributed by atoms with E-state index in [2.05, 4.69) is 0 Å². The number of methoxy groups -OCH3 is 1. The van der Waals surface area contributed by atoms with E-state index >= 15 is 0 Å². The molecule has 2 aliphatic heterocycles. The van der Waals surface area contributed by atoms with Crippen LogP contribution in [0, 0.1) is 5.41 Å². The third-order valence-electron chi connectivity index (χ3n) is 4.96. The van der Waals surface area contributed by atoms with Crippen molar-refractivity contribution < 1.29 is 64.8 Å². The van der Waals surface area contributed by atoms with Crippen molar-refractivity contribution in [2.24, 2.45) is 5.41 Å². The second-order valence-corrected chi connectivity index (χ2v) is 7.39. The van der Waals surface area contributed by atoms with Crippen LogP contribution in [0.4, 0.5) is 26.3 Å². The quantitative estimate of drug-likeness (QED) is 0.598. The number of nitrogens with zero attached hydrogens (tertiary/aromatic N) is 1.